The first-order chi connectivity index (χ1) is 12.2. The summed E-state index contributed by atoms with van der Waals surface area (Å²) in [4.78, 5) is 14.3. The summed E-state index contributed by atoms with van der Waals surface area (Å²) in [7, 11) is 0. The number of amides is 1. The first-order valence-electron chi connectivity index (χ1n) is 9.44. The molecule has 0 unspecified atom stereocenters. The SMILES string of the molecule is O=C(COc1ccccc1)N1CC[C@]2(C[C@@H](OCC3CCC3)CO2)C1. The Morgan fingerprint density at radius 3 is 2.88 bits per heavy atom. The van der Waals surface area contributed by atoms with Gasteiger partial charge in [0.05, 0.1) is 18.3 Å². The van der Waals surface area contributed by atoms with Crippen molar-refractivity contribution in [2.75, 3.05) is 32.9 Å². The van der Waals surface area contributed by atoms with E-state index >= 15 is 0 Å². The minimum atomic E-state index is -0.202. The number of benzene rings is 1. The molecule has 1 aromatic rings. The molecule has 136 valence electrons. The van der Waals surface area contributed by atoms with Gasteiger partial charge in [-0.1, -0.05) is 24.6 Å². The summed E-state index contributed by atoms with van der Waals surface area (Å²) >= 11 is 0. The summed E-state index contributed by atoms with van der Waals surface area (Å²) in [6.07, 6.45) is 5.96. The van der Waals surface area contributed by atoms with E-state index in [0.717, 1.165) is 37.7 Å². The number of likely N-dealkylation sites (tertiary alicyclic amines) is 1. The lowest BCUT2D eigenvalue weighted by molar-refractivity contribution is -0.133. The lowest BCUT2D eigenvalue weighted by Crippen LogP contribution is -2.38. The quantitative estimate of drug-likeness (QED) is 0.795. The van der Waals surface area contributed by atoms with Gasteiger partial charge in [0.25, 0.3) is 5.91 Å². The number of para-hydroxylation sites is 1. The molecule has 3 fully saturated rings. The lowest BCUT2D eigenvalue weighted by atomic mass is 9.86. The van der Waals surface area contributed by atoms with Gasteiger partial charge in [-0.3, -0.25) is 4.79 Å². The number of hydrogen-bond acceptors (Lipinski definition) is 4. The van der Waals surface area contributed by atoms with Crippen LogP contribution in [-0.4, -0.2) is 55.4 Å². The van der Waals surface area contributed by atoms with Crippen molar-refractivity contribution < 1.29 is 19.0 Å². The van der Waals surface area contributed by atoms with Crippen molar-refractivity contribution in [3.63, 3.8) is 0 Å². The predicted octanol–water partition coefficient (Wildman–Crippen LogP) is 2.64. The Hall–Kier alpha value is -1.59. The van der Waals surface area contributed by atoms with Gasteiger partial charge in [-0.25, -0.2) is 0 Å². The van der Waals surface area contributed by atoms with Crippen molar-refractivity contribution in [1.82, 2.24) is 4.90 Å². The lowest BCUT2D eigenvalue weighted by Gasteiger charge is -2.26. The Bertz CT molecular complexity index is 589. The highest BCUT2D eigenvalue weighted by molar-refractivity contribution is 5.78. The van der Waals surface area contributed by atoms with Gasteiger partial charge in [0.1, 0.15) is 5.75 Å². The zero-order chi connectivity index (χ0) is 17.1. The van der Waals surface area contributed by atoms with Gasteiger partial charge in [-0.2, -0.15) is 0 Å². The van der Waals surface area contributed by atoms with Gasteiger partial charge in [0.2, 0.25) is 0 Å². The van der Waals surface area contributed by atoms with Crippen LogP contribution in [-0.2, 0) is 14.3 Å². The second-order valence-electron chi connectivity index (χ2n) is 7.62. The molecule has 1 amide bonds. The Balaban J connectivity index is 1.22. The smallest absolute Gasteiger partial charge is 0.260 e. The van der Waals surface area contributed by atoms with Crippen LogP contribution >= 0.6 is 0 Å². The van der Waals surface area contributed by atoms with Crippen LogP contribution in [0.15, 0.2) is 30.3 Å². The molecule has 25 heavy (non-hydrogen) atoms. The summed E-state index contributed by atoms with van der Waals surface area (Å²) in [5.74, 6) is 1.52. The first kappa shape index (κ1) is 16.9. The number of hydrogen-bond donors (Lipinski definition) is 0. The zero-order valence-electron chi connectivity index (χ0n) is 14.7. The number of carbonyl (C=O) groups is 1. The minimum Gasteiger partial charge on any atom is -0.484 e. The Morgan fingerprint density at radius 1 is 1.28 bits per heavy atom. The van der Waals surface area contributed by atoms with E-state index in [0.29, 0.717) is 13.2 Å². The monoisotopic (exact) mass is 345 g/mol. The third-order valence-corrected chi connectivity index (χ3v) is 5.74. The molecule has 2 saturated heterocycles. The molecule has 4 rings (SSSR count). The Labute approximate surface area is 149 Å². The van der Waals surface area contributed by atoms with E-state index in [9.17, 15) is 4.79 Å². The van der Waals surface area contributed by atoms with Crippen molar-refractivity contribution in [2.45, 2.75) is 43.8 Å². The number of ether oxygens (including phenoxy) is 3. The molecule has 1 saturated carbocycles. The normalized spacial score (nSPS) is 29.1. The van der Waals surface area contributed by atoms with E-state index in [1.807, 2.05) is 35.2 Å². The van der Waals surface area contributed by atoms with Gasteiger partial charge in [-0.15, -0.1) is 0 Å². The van der Waals surface area contributed by atoms with Crippen LogP contribution in [0.1, 0.15) is 32.1 Å². The largest absolute Gasteiger partial charge is 0.484 e. The highest BCUT2D eigenvalue weighted by atomic mass is 16.6. The predicted molar refractivity (Wildman–Crippen MR) is 93.5 cm³/mol. The molecule has 1 spiro atoms. The summed E-state index contributed by atoms with van der Waals surface area (Å²) in [5, 5.41) is 0. The average molecular weight is 345 g/mol. The Morgan fingerprint density at radius 2 is 2.12 bits per heavy atom. The van der Waals surface area contributed by atoms with E-state index in [-0.39, 0.29) is 24.2 Å². The van der Waals surface area contributed by atoms with Gasteiger partial charge in [-0.05, 0) is 37.3 Å². The molecule has 2 aliphatic heterocycles. The molecular weight excluding hydrogens is 318 g/mol. The van der Waals surface area contributed by atoms with E-state index in [1.165, 1.54) is 19.3 Å². The summed E-state index contributed by atoms with van der Waals surface area (Å²) in [5.41, 5.74) is -0.202. The van der Waals surface area contributed by atoms with E-state index < -0.39 is 0 Å². The van der Waals surface area contributed by atoms with Gasteiger partial charge >= 0.3 is 0 Å². The fourth-order valence-corrected chi connectivity index (χ4v) is 3.94. The molecular formula is C20H27NO4. The van der Waals surface area contributed by atoms with Crippen LogP contribution in [0.25, 0.3) is 0 Å². The summed E-state index contributed by atoms with van der Waals surface area (Å²) in [6, 6.07) is 9.47. The fraction of sp³-hybridized carbons (Fsp3) is 0.650. The molecule has 3 aliphatic rings. The summed E-state index contributed by atoms with van der Waals surface area (Å²) < 4.78 is 17.7. The van der Waals surface area contributed by atoms with Crippen molar-refractivity contribution >= 4 is 5.91 Å². The van der Waals surface area contributed by atoms with Crippen molar-refractivity contribution in [2.24, 2.45) is 5.92 Å². The van der Waals surface area contributed by atoms with Crippen LogP contribution in [0.5, 0.6) is 5.75 Å². The maximum atomic E-state index is 12.4. The molecule has 0 bridgehead atoms. The topological polar surface area (TPSA) is 48.0 Å². The molecule has 0 N–H and O–H groups in total. The molecule has 0 aromatic heterocycles. The maximum Gasteiger partial charge on any atom is 0.260 e. The third kappa shape index (κ3) is 3.98. The van der Waals surface area contributed by atoms with Gasteiger partial charge in [0, 0.05) is 26.1 Å². The fourth-order valence-electron chi connectivity index (χ4n) is 3.94. The molecule has 1 aromatic carbocycles. The molecule has 5 nitrogen and oxygen atoms in total. The van der Waals surface area contributed by atoms with E-state index in [4.69, 9.17) is 14.2 Å². The number of nitrogens with zero attached hydrogens (tertiary/aromatic N) is 1. The second-order valence-corrected chi connectivity index (χ2v) is 7.62. The van der Waals surface area contributed by atoms with Gasteiger partial charge in [0.15, 0.2) is 6.61 Å². The third-order valence-electron chi connectivity index (χ3n) is 5.74. The number of rotatable bonds is 6. The van der Waals surface area contributed by atoms with Crippen LogP contribution in [0.4, 0.5) is 0 Å². The van der Waals surface area contributed by atoms with Crippen LogP contribution < -0.4 is 4.74 Å². The highest BCUT2D eigenvalue weighted by Gasteiger charge is 2.47. The van der Waals surface area contributed by atoms with Crippen molar-refractivity contribution in [3.05, 3.63) is 30.3 Å². The van der Waals surface area contributed by atoms with Crippen molar-refractivity contribution in [3.8, 4) is 5.75 Å². The molecule has 1 aliphatic carbocycles. The van der Waals surface area contributed by atoms with Gasteiger partial charge < -0.3 is 19.1 Å². The molecule has 0 radical (unpaired) electrons. The average Bonchev–Trinajstić information content (AvgIpc) is 3.19. The molecule has 2 heterocycles. The molecule has 2 atom stereocenters. The first-order valence-corrected chi connectivity index (χ1v) is 9.44. The second kappa shape index (κ2) is 7.34. The van der Waals surface area contributed by atoms with E-state index in [1.54, 1.807) is 0 Å². The zero-order valence-corrected chi connectivity index (χ0v) is 14.7. The van der Waals surface area contributed by atoms with Crippen molar-refractivity contribution in [1.29, 1.82) is 0 Å². The highest BCUT2D eigenvalue weighted by Crippen LogP contribution is 2.37. The van der Waals surface area contributed by atoms with Crippen LogP contribution in [0.3, 0.4) is 0 Å². The standard InChI is InChI=1S/C20H27NO4/c22-19(14-24-17-7-2-1-3-8-17)21-10-9-20(15-21)11-18(13-25-20)23-12-16-5-4-6-16/h1-3,7-8,16,18H,4-6,9-15H2/t18-,20+/m1/s1. The Kier molecular flexibility index (Phi) is 4.95. The van der Waals surface area contributed by atoms with E-state index in [2.05, 4.69) is 0 Å². The summed E-state index contributed by atoms with van der Waals surface area (Å²) in [6.45, 7) is 3.02. The minimum absolute atomic E-state index is 0.0307. The van der Waals surface area contributed by atoms with Crippen LogP contribution in [0, 0.1) is 5.92 Å². The van der Waals surface area contributed by atoms with Crippen LogP contribution in [0.2, 0.25) is 0 Å². The maximum absolute atomic E-state index is 12.4. The number of carbonyl (C=O) groups excluding carboxylic acids is 1. The molecule has 5 heteroatoms.